The highest BCUT2D eigenvalue weighted by Crippen LogP contribution is 2.40. The molecule has 2 aliphatic rings. The Morgan fingerprint density at radius 3 is 1.61 bits per heavy atom. The quantitative estimate of drug-likeness (QED) is 0.136. The number of ketones is 1. The molecule has 0 bridgehead atoms. The molecule has 248 valence electrons. The van der Waals surface area contributed by atoms with Gasteiger partial charge in [0, 0.05) is 18.9 Å². The van der Waals surface area contributed by atoms with Crippen molar-refractivity contribution in [2.24, 2.45) is 11.8 Å². The summed E-state index contributed by atoms with van der Waals surface area (Å²) in [5.41, 5.74) is 1.83. The summed E-state index contributed by atoms with van der Waals surface area (Å²) in [6, 6.07) is 7.44. The summed E-state index contributed by atoms with van der Waals surface area (Å²) in [5.74, 6) is -1.10. The summed E-state index contributed by atoms with van der Waals surface area (Å²) in [7, 11) is -3.88. The predicted octanol–water partition coefficient (Wildman–Crippen LogP) is 6.12. The molecule has 0 radical (unpaired) electrons. The first-order chi connectivity index (χ1) is 19.9. The Morgan fingerprint density at radius 1 is 0.795 bits per heavy atom. The Balaban J connectivity index is 0.000000319. The van der Waals surface area contributed by atoms with E-state index in [-0.39, 0.29) is 51.8 Å². The SMILES string of the molecule is CC(=O)O[C@H]1NC(=O)[C@@H]1[C@@H](C)O[Si](C)(C)C(C)(C)C.Cc1ccc(C(=O)C[C@H]2NC(=O)[C@@H]2[C@@H](C)O[Si](C)(C)C(C)(C)C)cc1. The smallest absolute Gasteiger partial charge is 0.304 e. The number of carbonyl (C=O) groups excluding carboxylic acids is 4. The topological polar surface area (TPSA) is 120 Å². The number of aryl methyl sites for hydroxylation is 1. The second-order valence-electron chi connectivity index (χ2n) is 15.4. The predicted molar refractivity (Wildman–Crippen MR) is 178 cm³/mol. The maximum atomic E-state index is 12.5. The van der Waals surface area contributed by atoms with Crippen LogP contribution in [0.2, 0.25) is 36.3 Å². The van der Waals surface area contributed by atoms with Gasteiger partial charge in [0.15, 0.2) is 28.6 Å². The molecule has 1 aromatic rings. The molecule has 2 aliphatic heterocycles. The summed E-state index contributed by atoms with van der Waals surface area (Å²) in [4.78, 5) is 47.2. The van der Waals surface area contributed by atoms with E-state index in [1.165, 1.54) is 6.92 Å². The van der Waals surface area contributed by atoms with Crippen LogP contribution >= 0.6 is 0 Å². The molecule has 3 rings (SSSR count). The van der Waals surface area contributed by atoms with E-state index >= 15 is 0 Å². The van der Waals surface area contributed by atoms with E-state index < -0.39 is 34.7 Å². The minimum absolute atomic E-state index is 0.00656. The highest BCUT2D eigenvalue weighted by atomic mass is 28.4. The molecule has 0 unspecified atom stereocenters. The maximum absolute atomic E-state index is 12.5. The minimum atomic E-state index is -1.95. The van der Waals surface area contributed by atoms with Crippen LogP contribution in [0.25, 0.3) is 0 Å². The largest absolute Gasteiger partial charge is 0.441 e. The summed E-state index contributed by atoms with van der Waals surface area (Å²) >= 11 is 0. The molecule has 0 aliphatic carbocycles. The van der Waals surface area contributed by atoms with Crippen LogP contribution in [-0.2, 0) is 28.0 Å². The summed E-state index contributed by atoms with van der Waals surface area (Å²) in [5, 5.41) is 5.64. The van der Waals surface area contributed by atoms with Gasteiger partial charge in [-0.1, -0.05) is 71.4 Å². The van der Waals surface area contributed by atoms with Gasteiger partial charge < -0.3 is 24.2 Å². The van der Waals surface area contributed by atoms with Crippen molar-refractivity contribution < 1.29 is 32.8 Å². The number of Topliss-reactive ketones (excluding diaryl/α,β-unsaturated/α-hetero) is 1. The lowest BCUT2D eigenvalue weighted by atomic mass is 9.82. The van der Waals surface area contributed by atoms with Gasteiger partial charge in [-0.3, -0.25) is 19.2 Å². The monoisotopic (exact) mass is 648 g/mol. The van der Waals surface area contributed by atoms with E-state index in [0.717, 1.165) is 5.56 Å². The van der Waals surface area contributed by atoms with Gasteiger partial charge in [0.2, 0.25) is 11.8 Å². The zero-order valence-corrected chi connectivity index (χ0v) is 31.3. The van der Waals surface area contributed by atoms with E-state index in [2.05, 4.69) is 78.4 Å². The van der Waals surface area contributed by atoms with Crippen molar-refractivity contribution >= 4 is 40.2 Å². The van der Waals surface area contributed by atoms with E-state index in [1.807, 2.05) is 45.0 Å². The molecule has 44 heavy (non-hydrogen) atoms. The maximum Gasteiger partial charge on any atom is 0.304 e. The summed E-state index contributed by atoms with van der Waals surface area (Å²) in [6.45, 7) is 28.8. The van der Waals surface area contributed by atoms with Gasteiger partial charge in [0.25, 0.3) is 0 Å². The van der Waals surface area contributed by atoms with Gasteiger partial charge in [-0.05, 0) is 57.0 Å². The van der Waals surface area contributed by atoms with Gasteiger partial charge in [-0.25, -0.2) is 0 Å². The number of β-lactam (4-membered cyclic amide) rings is 2. The molecule has 2 saturated heterocycles. The lowest BCUT2D eigenvalue weighted by molar-refractivity contribution is -0.173. The molecule has 1 aromatic carbocycles. The van der Waals surface area contributed by atoms with Crippen LogP contribution in [0.4, 0.5) is 0 Å². The number of carbonyl (C=O) groups is 4. The van der Waals surface area contributed by atoms with Gasteiger partial charge in [-0.15, -0.1) is 0 Å². The zero-order valence-electron chi connectivity index (χ0n) is 29.3. The van der Waals surface area contributed by atoms with Gasteiger partial charge in [-0.2, -0.15) is 0 Å². The van der Waals surface area contributed by atoms with Crippen LogP contribution in [0.3, 0.4) is 0 Å². The molecule has 0 saturated carbocycles. The molecule has 6 atom stereocenters. The average Bonchev–Trinajstić information content (AvgIpc) is 2.81. The molecule has 2 fully saturated rings. The molecule has 11 heteroatoms. The van der Waals surface area contributed by atoms with Crippen molar-refractivity contribution in [1.82, 2.24) is 10.6 Å². The average molecular weight is 649 g/mol. The Hall–Kier alpha value is -2.35. The molecule has 2 amide bonds. The number of rotatable bonds is 10. The second kappa shape index (κ2) is 14.0. The standard InChI is InChI=1S/C20H31NO3Si.C13H25NO4Si/c1-13-8-10-15(11-9-13)17(22)12-16-18(19(23)21-16)14(2)24-25(6,7)20(3,4)5;1-8(18-19(6,7)13(3,4)5)10-11(16)14-12(10)17-9(2)15/h8-11,14,16,18H,12H2,1-7H3,(H,21,23);8,10,12H,1-7H3,(H,14,16)/t14-,16-,18-;8-,10+,12-/m11/s1. The highest BCUT2D eigenvalue weighted by molar-refractivity contribution is 6.74. The van der Waals surface area contributed by atoms with E-state index in [9.17, 15) is 19.2 Å². The van der Waals surface area contributed by atoms with Crippen molar-refractivity contribution in [3.05, 3.63) is 35.4 Å². The Morgan fingerprint density at radius 2 is 1.23 bits per heavy atom. The van der Waals surface area contributed by atoms with E-state index in [1.54, 1.807) is 0 Å². The number of amides is 2. The van der Waals surface area contributed by atoms with Crippen LogP contribution in [0.5, 0.6) is 0 Å². The van der Waals surface area contributed by atoms with Crippen LogP contribution in [0.15, 0.2) is 24.3 Å². The minimum Gasteiger partial charge on any atom is -0.441 e. The number of nitrogens with one attached hydrogen (secondary N) is 2. The van der Waals surface area contributed by atoms with Crippen LogP contribution in [-0.4, -0.2) is 64.7 Å². The normalized spacial score (nSPS) is 23.5. The fourth-order valence-corrected chi connectivity index (χ4v) is 7.63. The molecule has 0 aromatic heterocycles. The lowest BCUT2D eigenvalue weighted by Gasteiger charge is -2.45. The molecular formula is C33H56N2O7Si2. The third-order valence-corrected chi connectivity index (χ3v) is 18.8. The van der Waals surface area contributed by atoms with Crippen LogP contribution in [0, 0.1) is 18.8 Å². The first-order valence-electron chi connectivity index (χ1n) is 15.6. The fraction of sp³-hybridized carbons (Fsp3) is 0.697. The van der Waals surface area contributed by atoms with Crippen molar-refractivity contribution in [1.29, 1.82) is 0 Å². The Kier molecular flexibility index (Phi) is 12.0. The lowest BCUT2D eigenvalue weighted by Crippen LogP contribution is -2.65. The van der Waals surface area contributed by atoms with Crippen LogP contribution in [0.1, 0.15) is 84.7 Å². The number of hydrogen-bond donors (Lipinski definition) is 2. The first kappa shape index (κ1) is 37.8. The van der Waals surface area contributed by atoms with Crippen molar-refractivity contribution in [3.63, 3.8) is 0 Å². The molecule has 0 spiro atoms. The number of benzene rings is 1. The third-order valence-electron chi connectivity index (χ3n) is 9.63. The fourth-order valence-electron chi connectivity index (χ4n) is 4.77. The van der Waals surface area contributed by atoms with Crippen LogP contribution < -0.4 is 10.6 Å². The highest BCUT2D eigenvalue weighted by Gasteiger charge is 2.50. The number of ether oxygens (including phenoxy) is 1. The number of hydrogen-bond acceptors (Lipinski definition) is 7. The van der Waals surface area contributed by atoms with Gasteiger partial charge in [0.1, 0.15) is 5.92 Å². The van der Waals surface area contributed by atoms with Gasteiger partial charge in [0.05, 0.1) is 24.2 Å². The first-order valence-corrected chi connectivity index (χ1v) is 21.4. The summed E-state index contributed by atoms with van der Waals surface area (Å²) < 4.78 is 17.6. The molecule has 2 N–H and O–H groups in total. The molecule has 2 heterocycles. The third kappa shape index (κ3) is 9.34. The number of esters is 1. The van der Waals surface area contributed by atoms with E-state index in [4.69, 9.17) is 13.6 Å². The molecule has 9 nitrogen and oxygen atoms in total. The summed E-state index contributed by atoms with van der Waals surface area (Å²) in [6.07, 6.45) is -0.653. The van der Waals surface area contributed by atoms with Crippen molar-refractivity contribution in [2.75, 3.05) is 0 Å². The van der Waals surface area contributed by atoms with Crippen molar-refractivity contribution in [3.8, 4) is 0 Å². The Labute approximate surface area is 266 Å². The van der Waals surface area contributed by atoms with Gasteiger partial charge >= 0.3 is 5.97 Å². The van der Waals surface area contributed by atoms with Crippen molar-refractivity contribution in [2.45, 2.75) is 136 Å². The van der Waals surface area contributed by atoms with E-state index in [0.29, 0.717) is 12.0 Å². The Bertz CT molecular complexity index is 1200. The molecular weight excluding hydrogens is 593 g/mol. The second-order valence-corrected chi connectivity index (χ2v) is 24.9. The zero-order chi connectivity index (χ0) is 34.0.